The lowest BCUT2D eigenvalue weighted by Gasteiger charge is -2.25. The zero-order valence-electron chi connectivity index (χ0n) is 17.7. The molecule has 0 spiro atoms. The lowest BCUT2D eigenvalue weighted by molar-refractivity contribution is -0.124. The number of benzene rings is 3. The SMILES string of the molecule is C=CCN(C(=O)[C@@H](C)Oc1ccccc1-c1nnc(-c2ccccc2)o1)c1ccccc1. The van der Waals surface area contributed by atoms with Crippen LogP contribution in [0.4, 0.5) is 5.69 Å². The lowest BCUT2D eigenvalue weighted by Crippen LogP contribution is -2.40. The van der Waals surface area contributed by atoms with E-state index in [1.807, 2.05) is 78.9 Å². The number of amides is 1. The van der Waals surface area contributed by atoms with Crippen LogP contribution in [0.25, 0.3) is 22.9 Å². The summed E-state index contributed by atoms with van der Waals surface area (Å²) in [7, 11) is 0. The number of rotatable bonds is 8. The van der Waals surface area contributed by atoms with Gasteiger partial charge in [0.05, 0.1) is 5.56 Å². The van der Waals surface area contributed by atoms with Gasteiger partial charge in [0.15, 0.2) is 6.10 Å². The third-order valence-corrected chi connectivity index (χ3v) is 4.86. The van der Waals surface area contributed by atoms with Gasteiger partial charge in [-0.2, -0.15) is 0 Å². The Balaban J connectivity index is 1.57. The molecule has 0 aliphatic rings. The van der Waals surface area contributed by atoms with Crippen LogP contribution in [0.3, 0.4) is 0 Å². The van der Waals surface area contributed by atoms with Gasteiger partial charge >= 0.3 is 0 Å². The number of carbonyl (C=O) groups is 1. The Labute approximate surface area is 186 Å². The molecule has 4 aromatic rings. The van der Waals surface area contributed by atoms with Crippen molar-refractivity contribution in [1.82, 2.24) is 10.2 Å². The van der Waals surface area contributed by atoms with Crippen molar-refractivity contribution in [3.8, 4) is 28.7 Å². The molecule has 0 aliphatic heterocycles. The summed E-state index contributed by atoms with van der Waals surface area (Å²) in [5.74, 6) is 1.05. The molecule has 0 aliphatic carbocycles. The maximum Gasteiger partial charge on any atom is 0.268 e. The summed E-state index contributed by atoms with van der Waals surface area (Å²) in [5.41, 5.74) is 2.23. The molecule has 32 heavy (non-hydrogen) atoms. The Morgan fingerprint density at radius 2 is 1.59 bits per heavy atom. The van der Waals surface area contributed by atoms with Gasteiger partial charge in [-0.1, -0.05) is 54.6 Å². The monoisotopic (exact) mass is 425 g/mol. The first-order valence-electron chi connectivity index (χ1n) is 10.3. The van der Waals surface area contributed by atoms with Gasteiger partial charge < -0.3 is 14.1 Å². The number of carbonyl (C=O) groups excluding carboxylic acids is 1. The van der Waals surface area contributed by atoms with Crippen molar-refractivity contribution in [2.75, 3.05) is 11.4 Å². The van der Waals surface area contributed by atoms with E-state index in [-0.39, 0.29) is 5.91 Å². The first-order valence-corrected chi connectivity index (χ1v) is 10.3. The van der Waals surface area contributed by atoms with Crippen molar-refractivity contribution in [2.24, 2.45) is 0 Å². The molecule has 0 unspecified atom stereocenters. The van der Waals surface area contributed by atoms with Crippen LogP contribution in [0.15, 0.2) is 102 Å². The highest BCUT2D eigenvalue weighted by molar-refractivity contribution is 5.96. The molecular formula is C26H23N3O3. The number of hydrogen-bond donors (Lipinski definition) is 0. The van der Waals surface area contributed by atoms with Crippen LogP contribution in [0.1, 0.15) is 6.92 Å². The predicted octanol–water partition coefficient (Wildman–Crippen LogP) is 5.39. The molecule has 4 rings (SSSR count). The summed E-state index contributed by atoms with van der Waals surface area (Å²) in [6.45, 7) is 5.87. The second-order valence-corrected chi connectivity index (χ2v) is 7.11. The molecule has 1 aromatic heterocycles. The minimum atomic E-state index is -0.743. The van der Waals surface area contributed by atoms with E-state index in [2.05, 4.69) is 16.8 Å². The third kappa shape index (κ3) is 4.59. The Morgan fingerprint density at radius 3 is 2.31 bits per heavy atom. The first kappa shape index (κ1) is 21.1. The normalized spacial score (nSPS) is 11.5. The van der Waals surface area contributed by atoms with Crippen molar-refractivity contribution >= 4 is 11.6 Å². The maximum absolute atomic E-state index is 13.2. The van der Waals surface area contributed by atoms with Gasteiger partial charge in [0, 0.05) is 17.8 Å². The van der Waals surface area contributed by atoms with Gasteiger partial charge in [0.2, 0.25) is 5.89 Å². The fourth-order valence-corrected chi connectivity index (χ4v) is 3.30. The van der Waals surface area contributed by atoms with Crippen molar-refractivity contribution in [2.45, 2.75) is 13.0 Å². The molecule has 3 aromatic carbocycles. The van der Waals surface area contributed by atoms with E-state index in [9.17, 15) is 4.79 Å². The predicted molar refractivity (Wildman–Crippen MR) is 124 cm³/mol. The summed E-state index contributed by atoms with van der Waals surface area (Å²) in [4.78, 5) is 14.8. The molecule has 0 saturated carbocycles. The third-order valence-electron chi connectivity index (χ3n) is 4.86. The number of para-hydroxylation sites is 2. The van der Waals surface area contributed by atoms with Gasteiger partial charge in [-0.3, -0.25) is 4.79 Å². The quantitative estimate of drug-likeness (QED) is 0.354. The molecule has 6 nitrogen and oxygen atoms in total. The van der Waals surface area contributed by atoms with Crippen LogP contribution in [0.5, 0.6) is 5.75 Å². The smallest absolute Gasteiger partial charge is 0.268 e. The number of hydrogen-bond acceptors (Lipinski definition) is 5. The number of nitrogens with zero attached hydrogens (tertiary/aromatic N) is 3. The fraction of sp³-hybridized carbons (Fsp3) is 0.115. The van der Waals surface area contributed by atoms with E-state index >= 15 is 0 Å². The minimum Gasteiger partial charge on any atom is -0.480 e. The van der Waals surface area contributed by atoms with E-state index in [0.29, 0.717) is 29.6 Å². The van der Waals surface area contributed by atoms with Crippen LogP contribution in [0.2, 0.25) is 0 Å². The van der Waals surface area contributed by atoms with Crippen molar-refractivity contribution in [3.63, 3.8) is 0 Å². The van der Waals surface area contributed by atoms with Crippen LogP contribution >= 0.6 is 0 Å². The molecule has 1 heterocycles. The van der Waals surface area contributed by atoms with Gasteiger partial charge in [0.1, 0.15) is 5.75 Å². The summed E-state index contributed by atoms with van der Waals surface area (Å²) in [6, 6.07) is 26.3. The molecule has 1 amide bonds. The van der Waals surface area contributed by atoms with Gasteiger partial charge in [-0.25, -0.2) is 0 Å². The standard InChI is InChI=1S/C26H23N3O3/c1-3-18-29(21-14-8-5-9-15-21)26(30)19(2)31-23-17-11-10-16-22(23)25-28-27-24(32-25)20-12-6-4-7-13-20/h3-17,19H,1,18H2,2H3/t19-/m1/s1. The van der Waals surface area contributed by atoms with E-state index < -0.39 is 6.10 Å². The average Bonchev–Trinajstić information content (AvgIpc) is 3.34. The van der Waals surface area contributed by atoms with Crippen molar-refractivity contribution < 1.29 is 13.9 Å². The molecular weight excluding hydrogens is 402 g/mol. The molecule has 0 N–H and O–H groups in total. The Morgan fingerprint density at radius 1 is 0.969 bits per heavy atom. The zero-order valence-corrected chi connectivity index (χ0v) is 17.7. The Hall–Kier alpha value is -4.19. The molecule has 160 valence electrons. The first-order chi connectivity index (χ1) is 15.7. The van der Waals surface area contributed by atoms with E-state index in [1.54, 1.807) is 24.0 Å². The number of aromatic nitrogens is 2. The highest BCUT2D eigenvalue weighted by atomic mass is 16.5. The molecule has 1 atom stereocenters. The zero-order chi connectivity index (χ0) is 22.3. The van der Waals surface area contributed by atoms with E-state index in [1.165, 1.54) is 0 Å². The van der Waals surface area contributed by atoms with Crippen LogP contribution in [-0.4, -0.2) is 28.8 Å². The highest BCUT2D eigenvalue weighted by Crippen LogP contribution is 2.32. The molecule has 0 bridgehead atoms. The molecule has 6 heteroatoms. The minimum absolute atomic E-state index is 0.179. The fourth-order valence-electron chi connectivity index (χ4n) is 3.30. The molecule has 0 saturated heterocycles. The lowest BCUT2D eigenvalue weighted by atomic mass is 10.2. The van der Waals surface area contributed by atoms with Gasteiger partial charge in [-0.05, 0) is 43.3 Å². The average molecular weight is 425 g/mol. The Bertz CT molecular complexity index is 1190. The van der Waals surface area contributed by atoms with E-state index in [0.717, 1.165) is 11.3 Å². The topological polar surface area (TPSA) is 68.5 Å². The highest BCUT2D eigenvalue weighted by Gasteiger charge is 2.24. The second-order valence-electron chi connectivity index (χ2n) is 7.11. The van der Waals surface area contributed by atoms with E-state index in [4.69, 9.17) is 9.15 Å². The van der Waals surface area contributed by atoms with Crippen molar-refractivity contribution in [3.05, 3.63) is 97.6 Å². The Kier molecular flexibility index (Phi) is 6.41. The summed E-state index contributed by atoms with van der Waals surface area (Å²) in [6.07, 6.45) is 0.947. The maximum atomic E-state index is 13.2. The number of ether oxygens (including phenoxy) is 1. The molecule has 0 radical (unpaired) electrons. The summed E-state index contributed by atoms with van der Waals surface area (Å²) >= 11 is 0. The second kappa shape index (κ2) is 9.75. The largest absolute Gasteiger partial charge is 0.480 e. The van der Waals surface area contributed by atoms with Gasteiger partial charge in [0.25, 0.3) is 11.8 Å². The van der Waals surface area contributed by atoms with Crippen LogP contribution in [0, 0.1) is 0 Å². The van der Waals surface area contributed by atoms with Crippen LogP contribution in [-0.2, 0) is 4.79 Å². The summed E-state index contributed by atoms with van der Waals surface area (Å²) < 4.78 is 12.0. The van der Waals surface area contributed by atoms with Gasteiger partial charge in [-0.15, -0.1) is 16.8 Å². The summed E-state index contributed by atoms with van der Waals surface area (Å²) in [5, 5.41) is 8.33. The number of anilines is 1. The van der Waals surface area contributed by atoms with Crippen LogP contribution < -0.4 is 9.64 Å². The van der Waals surface area contributed by atoms with Crippen molar-refractivity contribution in [1.29, 1.82) is 0 Å². The molecule has 0 fully saturated rings.